The third-order valence-electron chi connectivity index (χ3n) is 3.42. The third kappa shape index (κ3) is 5.57. The number of aryl methyl sites for hydroxylation is 1. The van der Waals surface area contributed by atoms with Gasteiger partial charge in [0.2, 0.25) is 5.91 Å². The summed E-state index contributed by atoms with van der Waals surface area (Å²) in [6.07, 6.45) is 0.958. The highest BCUT2D eigenvalue weighted by molar-refractivity contribution is 7.99. The molecule has 134 valence electrons. The molecule has 2 rings (SSSR count). The number of hydrogen-bond donors (Lipinski definition) is 0. The number of thioether (sulfide) groups is 1. The Morgan fingerprint density at radius 2 is 1.96 bits per heavy atom. The number of aromatic nitrogens is 1. The lowest BCUT2D eigenvalue weighted by Gasteiger charge is -2.18. The van der Waals surface area contributed by atoms with Crippen molar-refractivity contribution in [1.29, 1.82) is 0 Å². The minimum atomic E-state index is -0.218. The first-order valence-corrected chi connectivity index (χ1v) is 10.2. The van der Waals surface area contributed by atoms with Crippen LogP contribution in [0.15, 0.2) is 29.6 Å². The fourth-order valence-electron chi connectivity index (χ4n) is 2.21. The fourth-order valence-corrected chi connectivity index (χ4v) is 3.92. The molecule has 2 aromatic rings. The number of anilines is 2. The van der Waals surface area contributed by atoms with Crippen molar-refractivity contribution in [2.45, 2.75) is 32.9 Å². The molecule has 1 heterocycles. The van der Waals surface area contributed by atoms with Crippen LogP contribution >= 0.6 is 23.1 Å². The van der Waals surface area contributed by atoms with E-state index in [9.17, 15) is 9.59 Å². The Bertz CT molecular complexity index is 713. The number of ether oxygens (including phenoxy) is 1. The van der Waals surface area contributed by atoms with Crippen LogP contribution in [-0.4, -0.2) is 29.2 Å². The monoisotopic (exact) mass is 378 g/mol. The Labute approximate surface area is 156 Å². The zero-order chi connectivity index (χ0) is 18.2. The Morgan fingerprint density at radius 1 is 1.24 bits per heavy atom. The van der Waals surface area contributed by atoms with E-state index < -0.39 is 0 Å². The van der Waals surface area contributed by atoms with Gasteiger partial charge in [0.15, 0.2) is 5.13 Å². The number of benzene rings is 1. The van der Waals surface area contributed by atoms with Crippen LogP contribution in [-0.2, 0) is 26.5 Å². The lowest BCUT2D eigenvalue weighted by Crippen LogP contribution is -2.22. The van der Waals surface area contributed by atoms with E-state index in [0.29, 0.717) is 23.2 Å². The van der Waals surface area contributed by atoms with Gasteiger partial charge in [-0.1, -0.05) is 19.1 Å². The minimum Gasteiger partial charge on any atom is -0.465 e. The van der Waals surface area contributed by atoms with Gasteiger partial charge in [-0.25, -0.2) is 4.98 Å². The van der Waals surface area contributed by atoms with Gasteiger partial charge in [-0.15, -0.1) is 23.1 Å². The van der Waals surface area contributed by atoms with Crippen LogP contribution in [0.4, 0.5) is 10.8 Å². The number of rotatable bonds is 8. The molecule has 1 aromatic carbocycles. The zero-order valence-electron chi connectivity index (χ0n) is 14.7. The van der Waals surface area contributed by atoms with Crippen LogP contribution in [0.2, 0.25) is 0 Å². The number of carbonyl (C=O) groups is 2. The van der Waals surface area contributed by atoms with Crippen molar-refractivity contribution >= 4 is 45.8 Å². The molecule has 0 aliphatic carbocycles. The molecule has 5 nitrogen and oxygen atoms in total. The molecule has 1 amide bonds. The van der Waals surface area contributed by atoms with Gasteiger partial charge in [-0.05, 0) is 31.0 Å². The summed E-state index contributed by atoms with van der Waals surface area (Å²) < 4.78 is 4.90. The standard InChI is InChI=1S/C18H22N2O3S2/c1-4-14-6-8-16(9-7-14)20(13(3)21)18-19-15(11-25-18)10-24-12-17(22)23-5-2/h6-9,11H,4-5,10,12H2,1-3H3. The molecule has 0 radical (unpaired) electrons. The molecule has 7 heteroatoms. The van der Waals surface area contributed by atoms with Crippen molar-refractivity contribution in [3.05, 3.63) is 40.9 Å². The van der Waals surface area contributed by atoms with Crippen LogP contribution in [0.1, 0.15) is 32.0 Å². The largest absolute Gasteiger partial charge is 0.465 e. The van der Waals surface area contributed by atoms with Crippen LogP contribution in [0.25, 0.3) is 0 Å². The third-order valence-corrected chi connectivity index (χ3v) is 5.24. The smallest absolute Gasteiger partial charge is 0.315 e. The average Bonchev–Trinajstić information content (AvgIpc) is 3.04. The SMILES string of the molecule is CCOC(=O)CSCc1csc(N(C(C)=O)c2ccc(CC)cc2)n1. The first-order chi connectivity index (χ1) is 12.0. The minimum absolute atomic E-state index is 0.0793. The lowest BCUT2D eigenvalue weighted by atomic mass is 10.1. The lowest BCUT2D eigenvalue weighted by molar-refractivity contribution is -0.139. The van der Waals surface area contributed by atoms with Gasteiger partial charge >= 0.3 is 5.97 Å². The van der Waals surface area contributed by atoms with Crippen molar-refractivity contribution in [2.24, 2.45) is 0 Å². The van der Waals surface area contributed by atoms with E-state index in [1.165, 1.54) is 35.6 Å². The summed E-state index contributed by atoms with van der Waals surface area (Å²) in [4.78, 5) is 29.6. The second kappa shape index (κ2) is 9.58. The maximum absolute atomic E-state index is 12.1. The van der Waals surface area contributed by atoms with Crippen LogP contribution in [0, 0.1) is 0 Å². The molecular formula is C18H22N2O3S2. The first-order valence-electron chi connectivity index (χ1n) is 8.12. The number of amides is 1. The van der Waals surface area contributed by atoms with Crippen molar-refractivity contribution in [2.75, 3.05) is 17.3 Å². The number of thiazole rings is 1. The Kier molecular flexibility index (Phi) is 7.46. The second-order valence-corrected chi connectivity index (χ2v) is 7.12. The van der Waals surface area contributed by atoms with E-state index in [-0.39, 0.29) is 11.9 Å². The average molecular weight is 379 g/mol. The number of nitrogens with zero attached hydrogens (tertiary/aromatic N) is 2. The topological polar surface area (TPSA) is 59.5 Å². The predicted octanol–water partition coefficient (Wildman–Crippen LogP) is 4.19. The van der Waals surface area contributed by atoms with E-state index in [1.54, 1.807) is 11.8 Å². The quantitative estimate of drug-likeness (QED) is 0.645. The number of hydrogen-bond acceptors (Lipinski definition) is 6. The van der Waals surface area contributed by atoms with Crippen LogP contribution < -0.4 is 4.90 Å². The Morgan fingerprint density at radius 3 is 2.56 bits per heavy atom. The Hall–Kier alpha value is -1.86. The van der Waals surface area contributed by atoms with E-state index >= 15 is 0 Å². The normalized spacial score (nSPS) is 10.5. The summed E-state index contributed by atoms with van der Waals surface area (Å²) in [7, 11) is 0. The molecule has 25 heavy (non-hydrogen) atoms. The molecule has 0 saturated heterocycles. The van der Waals surface area contributed by atoms with Gasteiger partial charge in [-0.2, -0.15) is 0 Å². The molecule has 0 spiro atoms. The van der Waals surface area contributed by atoms with Crippen molar-refractivity contribution in [3.63, 3.8) is 0 Å². The van der Waals surface area contributed by atoms with Gasteiger partial charge < -0.3 is 4.74 Å². The molecule has 0 saturated carbocycles. The van der Waals surface area contributed by atoms with Gasteiger partial charge in [-0.3, -0.25) is 14.5 Å². The van der Waals surface area contributed by atoms with Gasteiger partial charge in [0.1, 0.15) is 0 Å². The highest BCUT2D eigenvalue weighted by Crippen LogP contribution is 2.30. The molecule has 0 atom stereocenters. The van der Waals surface area contributed by atoms with E-state index in [1.807, 2.05) is 29.6 Å². The number of carbonyl (C=O) groups excluding carboxylic acids is 2. The summed E-state index contributed by atoms with van der Waals surface area (Å²) in [6, 6.07) is 7.93. The second-order valence-electron chi connectivity index (χ2n) is 5.29. The maximum atomic E-state index is 12.1. The molecule has 0 fully saturated rings. The van der Waals surface area contributed by atoms with E-state index in [2.05, 4.69) is 11.9 Å². The van der Waals surface area contributed by atoms with Gasteiger partial charge in [0.05, 0.1) is 23.7 Å². The summed E-state index contributed by atoms with van der Waals surface area (Å²) in [5.41, 5.74) is 2.89. The molecule has 0 N–H and O–H groups in total. The first kappa shape index (κ1) is 19.5. The summed E-state index contributed by atoms with van der Waals surface area (Å²) in [6.45, 7) is 5.81. The molecule has 0 bridgehead atoms. The zero-order valence-corrected chi connectivity index (χ0v) is 16.3. The van der Waals surface area contributed by atoms with E-state index in [4.69, 9.17) is 4.74 Å². The van der Waals surface area contributed by atoms with E-state index in [0.717, 1.165) is 17.8 Å². The predicted molar refractivity (Wildman–Crippen MR) is 104 cm³/mol. The highest BCUT2D eigenvalue weighted by atomic mass is 32.2. The van der Waals surface area contributed by atoms with Crippen molar-refractivity contribution in [1.82, 2.24) is 4.98 Å². The van der Waals surface area contributed by atoms with Crippen LogP contribution in [0.5, 0.6) is 0 Å². The molecule has 1 aromatic heterocycles. The molecule has 0 unspecified atom stereocenters. The Balaban J connectivity index is 2.05. The van der Waals surface area contributed by atoms with Crippen molar-refractivity contribution < 1.29 is 14.3 Å². The summed E-state index contributed by atoms with van der Waals surface area (Å²) >= 11 is 2.88. The molecule has 0 aliphatic heterocycles. The fraction of sp³-hybridized carbons (Fsp3) is 0.389. The molecular weight excluding hydrogens is 356 g/mol. The molecule has 0 aliphatic rings. The summed E-state index contributed by atoms with van der Waals surface area (Å²) in [5, 5.41) is 2.56. The maximum Gasteiger partial charge on any atom is 0.315 e. The summed E-state index contributed by atoms with van der Waals surface area (Å²) in [5.74, 6) is 0.611. The van der Waals surface area contributed by atoms with Gasteiger partial charge in [0.25, 0.3) is 0 Å². The highest BCUT2D eigenvalue weighted by Gasteiger charge is 2.18. The number of esters is 1. The van der Waals surface area contributed by atoms with Crippen molar-refractivity contribution in [3.8, 4) is 0 Å². The van der Waals surface area contributed by atoms with Gasteiger partial charge in [0, 0.05) is 18.1 Å². The van der Waals surface area contributed by atoms with Crippen LogP contribution in [0.3, 0.4) is 0 Å².